The number of nitrogens with two attached hydrogens (primary N) is 1. The highest BCUT2D eigenvalue weighted by atomic mass is 16.2. The van der Waals surface area contributed by atoms with Crippen LogP contribution >= 0.6 is 0 Å². The molecule has 2 heterocycles. The van der Waals surface area contributed by atoms with E-state index >= 15 is 0 Å². The number of piperidine rings is 1. The number of aromatic nitrogens is 1. The minimum atomic E-state index is -0.615. The Hall–Kier alpha value is -2.83. The van der Waals surface area contributed by atoms with Crippen molar-refractivity contribution in [2.24, 2.45) is 11.7 Å². The summed E-state index contributed by atoms with van der Waals surface area (Å²) in [5.41, 5.74) is 6.52. The number of amides is 3. The molecule has 1 aromatic heterocycles. The maximum absolute atomic E-state index is 12.6. The zero-order chi connectivity index (χ0) is 16.1. The summed E-state index contributed by atoms with van der Waals surface area (Å²) in [4.78, 5) is 36.9. The van der Waals surface area contributed by atoms with Crippen LogP contribution in [0.2, 0.25) is 0 Å². The minimum Gasteiger partial charge on any atom is -0.351 e. The zero-order valence-electron chi connectivity index (χ0n) is 12.3. The van der Waals surface area contributed by atoms with Gasteiger partial charge in [0.25, 0.3) is 0 Å². The molecule has 23 heavy (non-hydrogen) atoms. The highest BCUT2D eigenvalue weighted by molar-refractivity contribution is 6.05. The lowest BCUT2D eigenvalue weighted by Crippen LogP contribution is -2.42. The van der Waals surface area contributed by atoms with Gasteiger partial charge in [0, 0.05) is 17.6 Å². The van der Waals surface area contributed by atoms with E-state index in [-0.39, 0.29) is 18.1 Å². The molecule has 1 saturated carbocycles. The third-order valence-electron chi connectivity index (χ3n) is 4.73. The standard InChI is InChI=1S/C16H16N4O3/c17-15(22)19-7-12(11-3-1-2-4-13(11)19)18-16(23)20-10(8-21)5-9-6-14(9)20/h1-4,7-10,14H,5-6H2,(H2,17,22)(H,18,23)/t9?,10-,14?/m0/s1. The first-order chi connectivity index (χ1) is 11.1. The molecule has 1 saturated heterocycles. The van der Waals surface area contributed by atoms with E-state index in [1.165, 1.54) is 10.8 Å². The first-order valence-corrected chi connectivity index (χ1v) is 7.54. The highest BCUT2D eigenvalue weighted by Crippen LogP contribution is 2.47. The number of hydrogen-bond acceptors (Lipinski definition) is 3. The summed E-state index contributed by atoms with van der Waals surface area (Å²) in [5.74, 6) is 0.447. The van der Waals surface area contributed by atoms with Gasteiger partial charge >= 0.3 is 12.1 Å². The summed E-state index contributed by atoms with van der Waals surface area (Å²) in [5, 5.41) is 3.55. The van der Waals surface area contributed by atoms with Crippen LogP contribution in [0.3, 0.4) is 0 Å². The Labute approximate surface area is 132 Å². The van der Waals surface area contributed by atoms with Crippen LogP contribution in [-0.2, 0) is 4.79 Å². The molecule has 3 N–H and O–H groups in total. The van der Waals surface area contributed by atoms with Crippen LogP contribution in [0.4, 0.5) is 15.3 Å². The van der Waals surface area contributed by atoms with Gasteiger partial charge in [0.05, 0.1) is 17.2 Å². The number of para-hydroxylation sites is 1. The van der Waals surface area contributed by atoms with Gasteiger partial charge in [-0.2, -0.15) is 0 Å². The lowest BCUT2D eigenvalue weighted by atomic mass is 10.2. The Bertz CT molecular complexity index is 828. The molecule has 0 spiro atoms. The Balaban J connectivity index is 1.66. The smallest absolute Gasteiger partial charge is 0.323 e. The first-order valence-electron chi connectivity index (χ1n) is 7.54. The zero-order valence-corrected chi connectivity index (χ0v) is 12.3. The predicted molar refractivity (Wildman–Crippen MR) is 84.1 cm³/mol. The van der Waals surface area contributed by atoms with Crippen molar-refractivity contribution < 1.29 is 14.4 Å². The number of benzene rings is 1. The number of urea groups is 1. The number of carbonyl (C=O) groups excluding carboxylic acids is 3. The predicted octanol–water partition coefficient (Wildman–Crippen LogP) is 1.76. The number of hydrogen-bond donors (Lipinski definition) is 2. The van der Waals surface area contributed by atoms with E-state index in [4.69, 9.17) is 5.73 Å². The number of nitrogens with one attached hydrogen (secondary N) is 1. The van der Waals surface area contributed by atoms with Crippen molar-refractivity contribution in [3.05, 3.63) is 30.5 Å². The van der Waals surface area contributed by atoms with Gasteiger partial charge in [-0.25, -0.2) is 9.59 Å². The second-order valence-corrected chi connectivity index (χ2v) is 6.11. The van der Waals surface area contributed by atoms with E-state index in [0.29, 0.717) is 17.1 Å². The molecule has 1 aliphatic heterocycles. The lowest BCUT2D eigenvalue weighted by Gasteiger charge is -2.23. The van der Waals surface area contributed by atoms with Crippen molar-refractivity contribution in [1.82, 2.24) is 9.47 Å². The molecular weight excluding hydrogens is 296 g/mol. The van der Waals surface area contributed by atoms with Crippen LogP contribution in [0.25, 0.3) is 10.9 Å². The summed E-state index contributed by atoms with van der Waals surface area (Å²) in [7, 11) is 0. The monoisotopic (exact) mass is 312 g/mol. The van der Waals surface area contributed by atoms with Crippen molar-refractivity contribution in [2.75, 3.05) is 5.32 Å². The van der Waals surface area contributed by atoms with E-state index in [2.05, 4.69) is 5.32 Å². The molecule has 3 amide bonds. The summed E-state index contributed by atoms with van der Waals surface area (Å²) < 4.78 is 1.30. The van der Waals surface area contributed by atoms with E-state index in [1.54, 1.807) is 17.0 Å². The number of primary amides is 1. The summed E-state index contributed by atoms with van der Waals surface area (Å²) >= 11 is 0. The van der Waals surface area contributed by atoms with Gasteiger partial charge in [0.2, 0.25) is 0 Å². The van der Waals surface area contributed by atoms with Crippen LogP contribution in [0, 0.1) is 5.92 Å². The van der Waals surface area contributed by atoms with E-state index in [0.717, 1.165) is 24.5 Å². The maximum Gasteiger partial charge on any atom is 0.323 e. The van der Waals surface area contributed by atoms with Crippen molar-refractivity contribution in [3.63, 3.8) is 0 Å². The highest BCUT2D eigenvalue weighted by Gasteiger charge is 2.54. The molecule has 0 bridgehead atoms. The normalized spacial score (nSPS) is 25.2. The molecule has 7 nitrogen and oxygen atoms in total. The number of rotatable bonds is 2. The Morgan fingerprint density at radius 2 is 2.04 bits per heavy atom. The van der Waals surface area contributed by atoms with Gasteiger partial charge in [-0.1, -0.05) is 18.2 Å². The SMILES string of the molecule is NC(=O)n1cc(NC(=O)N2C3CC3C[C@H]2C=O)c2ccccc21. The van der Waals surface area contributed by atoms with E-state index < -0.39 is 6.03 Å². The number of carbonyl (C=O) groups is 3. The van der Waals surface area contributed by atoms with E-state index in [1.807, 2.05) is 12.1 Å². The number of anilines is 1. The van der Waals surface area contributed by atoms with Crippen LogP contribution < -0.4 is 11.1 Å². The molecule has 118 valence electrons. The average molecular weight is 312 g/mol. The molecule has 2 unspecified atom stereocenters. The molecule has 7 heteroatoms. The van der Waals surface area contributed by atoms with Gasteiger partial charge in [-0.15, -0.1) is 0 Å². The van der Waals surface area contributed by atoms with Crippen LogP contribution in [0.5, 0.6) is 0 Å². The number of fused-ring (bicyclic) bond motifs is 2. The molecule has 0 radical (unpaired) electrons. The fourth-order valence-electron chi connectivity index (χ4n) is 3.56. The summed E-state index contributed by atoms with van der Waals surface area (Å²) in [6.45, 7) is 0. The average Bonchev–Trinajstić information content (AvgIpc) is 3.05. The molecule has 2 aliphatic rings. The Morgan fingerprint density at radius 1 is 1.26 bits per heavy atom. The minimum absolute atomic E-state index is 0.162. The Kier molecular flexibility index (Phi) is 2.90. The van der Waals surface area contributed by atoms with Crippen molar-refractivity contribution in [1.29, 1.82) is 0 Å². The first kappa shape index (κ1) is 13.8. The molecule has 2 fully saturated rings. The summed E-state index contributed by atoms with van der Waals surface area (Å²) in [6.07, 6.45) is 4.05. The van der Waals surface area contributed by atoms with Gasteiger partial charge < -0.3 is 20.7 Å². The largest absolute Gasteiger partial charge is 0.351 e. The fraction of sp³-hybridized carbons (Fsp3) is 0.312. The molecule has 2 aromatic rings. The van der Waals surface area contributed by atoms with Crippen LogP contribution in [0.1, 0.15) is 12.8 Å². The van der Waals surface area contributed by atoms with E-state index in [9.17, 15) is 14.4 Å². The fourth-order valence-corrected chi connectivity index (χ4v) is 3.56. The van der Waals surface area contributed by atoms with Gasteiger partial charge in [-0.3, -0.25) is 4.57 Å². The molecular formula is C16H16N4O3. The van der Waals surface area contributed by atoms with Gasteiger partial charge in [0.1, 0.15) is 6.29 Å². The maximum atomic E-state index is 12.6. The third kappa shape index (κ3) is 2.08. The number of nitrogens with zero attached hydrogens (tertiary/aromatic N) is 2. The molecule has 4 rings (SSSR count). The van der Waals surface area contributed by atoms with Crippen molar-refractivity contribution >= 4 is 34.9 Å². The molecule has 3 atom stereocenters. The Morgan fingerprint density at radius 3 is 2.78 bits per heavy atom. The van der Waals surface area contributed by atoms with Gasteiger partial charge in [-0.05, 0) is 24.8 Å². The number of aldehydes is 1. The number of likely N-dealkylation sites (tertiary alicyclic amines) is 1. The molecule has 1 aromatic carbocycles. The van der Waals surface area contributed by atoms with Gasteiger partial charge in [0.15, 0.2) is 0 Å². The van der Waals surface area contributed by atoms with Crippen LogP contribution in [0.15, 0.2) is 30.5 Å². The summed E-state index contributed by atoms with van der Waals surface area (Å²) in [6, 6.07) is 6.07. The quantitative estimate of drug-likeness (QED) is 0.827. The topological polar surface area (TPSA) is 97.4 Å². The second kappa shape index (κ2) is 4.84. The van der Waals surface area contributed by atoms with Crippen molar-refractivity contribution in [2.45, 2.75) is 24.9 Å². The van der Waals surface area contributed by atoms with Crippen molar-refractivity contribution in [3.8, 4) is 0 Å². The molecule has 1 aliphatic carbocycles. The van der Waals surface area contributed by atoms with Crippen LogP contribution in [-0.4, -0.2) is 39.9 Å². The third-order valence-corrected chi connectivity index (χ3v) is 4.73. The second-order valence-electron chi connectivity index (χ2n) is 6.11. The lowest BCUT2D eigenvalue weighted by molar-refractivity contribution is -0.111.